The van der Waals surface area contributed by atoms with E-state index >= 15 is 0 Å². The van der Waals surface area contributed by atoms with Crippen LogP contribution in [0.15, 0.2) is 50.7 Å². The highest BCUT2D eigenvalue weighted by atomic mass is 79.9. The Morgan fingerprint density at radius 2 is 1.82 bits per heavy atom. The van der Waals surface area contributed by atoms with Gasteiger partial charge in [0.1, 0.15) is 38.8 Å². The monoisotopic (exact) mass is 462 g/mol. The van der Waals surface area contributed by atoms with Crippen molar-refractivity contribution in [3.8, 4) is 0 Å². The van der Waals surface area contributed by atoms with E-state index in [1.54, 1.807) is 9.80 Å². The van der Waals surface area contributed by atoms with Crippen molar-refractivity contribution >= 4 is 27.7 Å². The Hall–Kier alpha value is -0.850. The molecule has 0 unspecified atom stereocenters. The molecule has 0 bridgehead atoms. The van der Waals surface area contributed by atoms with Gasteiger partial charge in [-0.25, -0.2) is 0 Å². The van der Waals surface area contributed by atoms with E-state index in [0.29, 0.717) is 18.6 Å². The molecule has 5 heteroatoms. The highest BCUT2D eigenvalue weighted by molar-refractivity contribution is 9.10. The second-order valence-corrected chi connectivity index (χ2v) is 10.4. The second-order valence-electron chi connectivity index (χ2n) is 8.44. The average Bonchev–Trinajstić information content (AvgIpc) is 2.84. The first-order valence-electron chi connectivity index (χ1n) is 10.4. The third-order valence-electron chi connectivity index (χ3n) is 6.30. The summed E-state index contributed by atoms with van der Waals surface area (Å²) in [5.41, 5.74) is 4.44. The van der Waals surface area contributed by atoms with Gasteiger partial charge in [-0.3, -0.25) is 0 Å². The first-order valence-corrected chi connectivity index (χ1v) is 12.0. The van der Waals surface area contributed by atoms with Crippen molar-refractivity contribution in [1.29, 1.82) is 0 Å². The molecule has 1 saturated heterocycles. The Balaban J connectivity index is 1.70. The van der Waals surface area contributed by atoms with Crippen molar-refractivity contribution in [2.75, 3.05) is 39.3 Å². The Labute approximate surface area is 181 Å². The normalized spacial score (nSPS) is 24.5. The van der Waals surface area contributed by atoms with Crippen LogP contribution in [-0.2, 0) is 6.42 Å². The number of hydrogen-bond donors (Lipinski definition) is 3. The number of aliphatic hydroxyl groups is 1. The van der Waals surface area contributed by atoms with Crippen LogP contribution >= 0.6 is 27.7 Å². The molecule has 1 atom stereocenters. The van der Waals surface area contributed by atoms with Crippen LogP contribution in [0.4, 0.5) is 0 Å². The molecular weight excluding hydrogens is 432 g/mol. The van der Waals surface area contributed by atoms with Gasteiger partial charge in [0, 0.05) is 26.2 Å². The lowest BCUT2D eigenvalue weighted by atomic mass is 9.93. The van der Waals surface area contributed by atoms with E-state index in [-0.39, 0.29) is 0 Å². The van der Waals surface area contributed by atoms with Gasteiger partial charge < -0.3 is 14.9 Å². The van der Waals surface area contributed by atoms with Gasteiger partial charge in [0.05, 0.1) is 6.61 Å². The van der Waals surface area contributed by atoms with Gasteiger partial charge in [0.2, 0.25) is 0 Å². The molecule has 2 aromatic rings. The van der Waals surface area contributed by atoms with E-state index in [4.69, 9.17) is 0 Å². The van der Waals surface area contributed by atoms with Crippen LogP contribution in [0.2, 0.25) is 0 Å². The van der Waals surface area contributed by atoms with Crippen LogP contribution in [-0.4, -0.2) is 44.4 Å². The minimum atomic E-state index is 0.298. The van der Waals surface area contributed by atoms with Crippen LogP contribution in [0.3, 0.4) is 0 Å². The third kappa shape index (κ3) is 4.34. The second kappa shape index (κ2) is 8.88. The van der Waals surface area contributed by atoms with E-state index < -0.39 is 0 Å². The summed E-state index contributed by atoms with van der Waals surface area (Å²) in [4.78, 5) is 6.08. The topological polar surface area (TPSA) is 29.1 Å². The highest BCUT2D eigenvalue weighted by Gasteiger charge is 2.34. The number of fused-ring (bicyclic) bond motifs is 2. The molecular formula is C23H31BrN2OS+2. The summed E-state index contributed by atoms with van der Waals surface area (Å²) in [6.07, 6.45) is 1.10. The van der Waals surface area contributed by atoms with Crippen LogP contribution in [0.5, 0.6) is 0 Å². The molecule has 2 aliphatic rings. The molecule has 2 heterocycles. The van der Waals surface area contributed by atoms with Crippen LogP contribution < -0.4 is 9.80 Å². The Morgan fingerprint density at radius 1 is 1.07 bits per heavy atom. The van der Waals surface area contributed by atoms with Gasteiger partial charge in [-0.1, -0.05) is 47.6 Å². The van der Waals surface area contributed by atoms with Gasteiger partial charge in [0.15, 0.2) is 0 Å². The van der Waals surface area contributed by atoms with Gasteiger partial charge in [0.25, 0.3) is 0 Å². The summed E-state index contributed by atoms with van der Waals surface area (Å²) in [6.45, 7) is 10.4. The predicted octanol–water partition coefficient (Wildman–Crippen LogP) is 2.10. The number of aliphatic hydroxyl groups excluding tert-OH is 1. The summed E-state index contributed by atoms with van der Waals surface area (Å²) in [7, 11) is 0. The van der Waals surface area contributed by atoms with Crippen LogP contribution in [0, 0.1) is 0 Å². The van der Waals surface area contributed by atoms with Crippen molar-refractivity contribution in [2.24, 2.45) is 0 Å². The fourth-order valence-electron chi connectivity index (χ4n) is 4.59. The smallest absolute Gasteiger partial charge is 0.128 e. The summed E-state index contributed by atoms with van der Waals surface area (Å²) in [5, 5.41) is 9.28. The van der Waals surface area contributed by atoms with Gasteiger partial charge in [-0.2, -0.15) is 0 Å². The highest BCUT2D eigenvalue weighted by Crippen LogP contribution is 2.41. The molecule has 0 aromatic heterocycles. The van der Waals surface area contributed by atoms with E-state index in [0.717, 1.165) is 26.1 Å². The van der Waals surface area contributed by atoms with Crippen molar-refractivity contribution in [2.45, 2.75) is 42.0 Å². The molecule has 3 nitrogen and oxygen atoms in total. The summed E-state index contributed by atoms with van der Waals surface area (Å²) < 4.78 is 1.17. The molecule has 150 valence electrons. The Morgan fingerprint density at radius 3 is 2.54 bits per heavy atom. The van der Waals surface area contributed by atoms with Crippen molar-refractivity contribution in [3.05, 3.63) is 57.6 Å². The molecule has 2 aliphatic heterocycles. The number of nitrogens with one attached hydrogen (secondary N) is 2. The van der Waals surface area contributed by atoms with E-state index in [1.807, 2.05) is 11.8 Å². The zero-order chi connectivity index (χ0) is 19.7. The first-order chi connectivity index (χ1) is 13.5. The standard InChI is InChI=1S/C23H29BrN2OS/c1-16(2)17-3-5-23-20(14-17)21(26-9-7-25(8-10-26)11-12-27)15-18-13-19(24)4-6-22(18)28-23/h3-6,13-14,16,21,27H,7-12,15H2,1-2H3/p+2/t21-/m1/s1. The van der Waals surface area contributed by atoms with Gasteiger partial charge >= 0.3 is 0 Å². The molecule has 0 amide bonds. The van der Waals surface area contributed by atoms with Crippen LogP contribution in [0.25, 0.3) is 0 Å². The lowest BCUT2D eigenvalue weighted by Gasteiger charge is -2.35. The number of hydrogen-bond acceptors (Lipinski definition) is 2. The molecule has 4 rings (SSSR count). The van der Waals surface area contributed by atoms with Crippen molar-refractivity contribution < 1.29 is 14.9 Å². The largest absolute Gasteiger partial charge is 0.391 e. The molecule has 28 heavy (non-hydrogen) atoms. The van der Waals surface area contributed by atoms with Gasteiger partial charge in [-0.05, 0) is 47.4 Å². The predicted molar refractivity (Wildman–Crippen MR) is 119 cm³/mol. The fourth-order valence-corrected chi connectivity index (χ4v) is 6.10. The minimum absolute atomic E-state index is 0.298. The maximum atomic E-state index is 9.28. The zero-order valence-corrected chi connectivity index (χ0v) is 19.2. The number of rotatable bonds is 4. The zero-order valence-electron chi connectivity index (χ0n) is 16.8. The summed E-state index contributed by atoms with van der Waals surface area (Å²) in [6, 6.07) is 14.4. The average molecular weight is 463 g/mol. The Bertz CT molecular complexity index is 833. The van der Waals surface area contributed by atoms with E-state index in [1.165, 1.54) is 44.0 Å². The number of benzene rings is 2. The fraction of sp³-hybridized carbons (Fsp3) is 0.478. The van der Waals surface area contributed by atoms with E-state index in [9.17, 15) is 5.11 Å². The van der Waals surface area contributed by atoms with Crippen LogP contribution in [0.1, 0.15) is 42.5 Å². The summed E-state index contributed by atoms with van der Waals surface area (Å²) >= 11 is 5.62. The molecule has 0 saturated carbocycles. The SMILES string of the molecule is CC(C)c1ccc2c(c1)[C@H]([NH+]1CC[NH+](CCO)CC1)Cc1cc(Br)ccc1S2. The van der Waals surface area contributed by atoms with Crippen molar-refractivity contribution in [1.82, 2.24) is 0 Å². The quantitative estimate of drug-likeness (QED) is 0.649. The number of piperazine rings is 1. The van der Waals surface area contributed by atoms with Gasteiger partial charge in [-0.15, -0.1) is 0 Å². The molecule has 0 spiro atoms. The lowest BCUT2D eigenvalue weighted by molar-refractivity contribution is -1.03. The molecule has 3 N–H and O–H groups in total. The Kier molecular flexibility index (Phi) is 6.48. The van der Waals surface area contributed by atoms with Crippen molar-refractivity contribution in [3.63, 3.8) is 0 Å². The summed E-state index contributed by atoms with van der Waals surface area (Å²) in [5.74, 6) is 0.552. The first kappa shape index (κ1) is 20.4. The lowest BCUT2D eigenvalue weighted by Crippen LogP contribution is -3.28. The maximum absolute atomic E-state index is 9.28. The number of quaternary nitrogens is 2. The number of halogens is 1. The third-order valence-corrected chi connectivity index (χ3v) is 8.00. The maximum Gasteiger partial charge on any atom is 0.128 e. The molecule has 1 fully saturated rings. The van der Waals surface area contributed by atoms with E-state index in [2.05, 4.69) is 66.2 Å². The molecule has 0 radical (unpaired) electrons. The minimum Gasteiger partial charge on any atom is -0.391 e. The molecule has 2 aromatic carbocycles. The molecule has 0 aliphatic carbocycles.